The van der Waals surface area contributed by atoms with Crippen LogP contribution in [0.2, 0.25) is 0 Å². The molecule has 0 spiro atoms. The Morgan fingerprint density at radius 3 is 2.53 bits per heavy atom. The molecule has 0 unspecified atom stereocenters. The summed E-state index contributed by atoms with van der Waals surface area (Å²) in [6.07, 6.45) is 3.34. The summed E-state index contributed by atoms with van der Waals surface area (Å²) in [6.45, 7) is 2.03. The Kier molecular flexibility index (Phi) is 7.38. The summed E-state index contributed by atoms with van der Waals surface area (Å²) < 4.78 is 6.13. The number of benzene rings is 1. The SMILES string of the molecule is CCOC(=O)[C@@](O)(CCCCCI)c1ccccc1. The van der Waals surface area contributed by atoms with E-state index in [-0.39, 0.29) is 6.61 Å². The van der Waals surface area contributed by atoms with Gasteiger partial charge in [0.2, 0.25) is 0 Å². The molecule has 106 valence electrons. The minimum atomic E-state index is -1.51. The van der Waals surface area contributed by atoms with Gasteiger partial charge in [-0.15, -0.1) is 0 Å². The highest BCUT2D eigenvalue weighted by Gasteiger charge is 2.38. The third kappa shape index (κ3) is 4.76. The maximum Gasteiger partial charge on any atom is 0.342 e. The monoisotopic (exact) mass is 376 g/mol. The maximum absolute atomic E-state index is 12.1. The van der Waals surface area contributed by atoms with Gasteiger partial charge >= 0.3 is 5.97 Å². The number of ether oxygens (including phenoxy) is 1. The molecule has 1 aromatic carbocycles. The van der Waals surface area contributed by atoms with E-state index in [2.05, 4.69) is 22.6 Å². The van der Waals surface area contributed by atoms with Gasteiger partial charge < -0.3 is 9.84 Å². The molecule has 1 atom stereocenters. The molecule has 0 aliphatic rings. The van der Waals surface area contributed by atoms with Crippen LogP contribution in [0.4, 0.5) is 0 Å². The molecule has 4 heteroatoms. The predicted octanol–water partition coefficient (Wildman–Crippen LogP) is 3.43. The van der Waals surface area contributed by atoms with Gasteiger partial charge in [-0.05, 0) is 36.2 Å². The van der Waals surface area contributed by atoms with E-state index < -0.39 is 11.6 Å². The number of hydrogen-bond acceptors (Lipinski definition) is 3. The second kappa shape index (κ2) is 8.53. The molecule has 0 aliphatic heterocycles. The lowest BCUT2D eigenvalue weighted by Gasteiger charge is -2.26. The number of carbonyl (C=O) groups excluding carboxylic acids is 1. The van der Waals surface area contributed by atoms with Crippen molar-refractivity contribution in [2.75, 3.05) is 11.0 Å². The van der Waals surface area contributed by atoms with Gasteiger partial charge in [0.05, 0.1) is 6.61 Å². The number of rotatable bonds is 8. The van der Waals surface area contributed by atoms with E-state index >= 15 is 0 Å². The summed E-state index contributed by atoms with van der Waals surface area (Å²) in [6, 6.07) is 9.06. The molecule has 0 aromatic heterocycles. The summed E-state index contributed by atoms with van der Waals surface area (Å²) in [7, 11) is 0. The van der Waals surface area contributed by atoms with E-state index in [0.29, 0.717) is 12.0 Å². The van der Waals surface area contributed by atoms with Crippen molar-refractivity contribution in [3.8, 4) is 0 Å². The van der Waals surface area contributed by atoms with Crippen molar-refractivity contribution < 1.29 is 14.6 Å². The largest absolute Gasteiger partial charge is 0.464 e. The summed E-state index contributed by atoms with van der Waals surface area (Å²) >= 11 is 2.33. The van der Waals surface area contributed by atoms with Crippen LogP contribution in [-0.2, 0) is 15.1 Å². The van der Waals surface area contributed by atoms with Crippen LogP contribution in [0.5, 0.6) is 0 Å². The molecule has 0 amide bonds. The van der Waals surface area contributed by atoms with Crippen molar-refractivity contribution >= 4 is 28.6 Å². The van der Waals surface area contributed by atoms with E-state index in [4.69, 9.17) is 4.74 Å². The van der Waals surface area contributed by atoms with E-state index in [0.717, 1.165) is 23.7 Å². The molecule has 0 saturated heterocycles. The highest BCUT2D eigenvalue weighted by Crippen LogP contribution is 2.29. The van der Waals surface area contributed by atoms with Gasteiger partial charge in [0.25, 0.3) is 0 Å². The second-order valence-electron chi connectivity index (χ2n) is 4.45. The van der Waals surface area contributed by atoms with Gasteiger partial charge in [-0.3, -0.25) is 0 Å². The summed E-state index contributed by atoms with van der Waals surface area (Å²) in [5.41, 5.74) is -0.898. The van der Waals surface area contributed by atoms with Crippen molar-refractivity contribution in [3.63, 3.8) is 0 Å². The number of halogens is 1. The van der Waals surface area contributed by atoms with E-state index in [1.807, 2.05) is 18.2 Å². The molecule has 19 heavy (non-hydrogen) atoms. The standard InChI is InChI=1S/C15H21IO3/c1-2-19-14(17)15(18,11-7-4-8-12-16)13-9-5-3-6-10-13/h3,5-6,9-10,18H,2,4,7-8,11-12H2,1H3/t15-/m1/s1. The van der Waals surface area contributed by atoms with Crippen LogP contribution in [0.3, 0.4) is 0 Å². The van der Waals surface area contributed by atoms with Gasteiger partial charge in [0.1, 0.15) is 0 Å². The first-order valence-corrected chi connectivity index (χ1v) is 8.18. The molecule has 1 N–H and O–H groups in total. The highest BCUT2D eigenvalue weighted by atomic mass is 127. The smallest absolute Gasteiger partial charge is 0.342 e. The van der Waals surface area contributed by atoms with Crippen molar-refractivity contribution in [2.24, 2.45) is 0 Å². The van der Waals surface area contributed by atoms with Crippen LogP contribution in [0.15, 0.2) is 30.3 Å². The fraction of sp³-hybridized carbons (Fsp3) is 0.533. The molecule has 0 aliphatic carbocycles. The van der Waals surface area contributed by atoms with E-state index in [9.17, 15) is 9.90 Å². The Bertz CT molecular complexity index is 380. The molecular formula is C15H21IO3. The lowest BCUT2D eigenvalue weighted by atomic mass is 9.88. The molecule has 3 nitrogen and oxygen atoms in total. The molecule has 0 heterocycles. The van der Waals surface area contributed by atoms with Crippen molar-refractivity contribution in [3.05, 3.63) is 35.9 Å². The Morgan fingerprint density at radius 2 is 1.95 bits per heavy atom. The second-order valence-corrected chi connectivity index (χ2v) is 5.53. The minimum Gasteiger partial charge on any atom is -0.464 e. The van der Waals surface area contributed by atoms with Crippen LogP contribution < -0.4 is 0 Å². The average molecular weight is 376 g/mol. The van der Waals surface area contributed by atoms with E-state index in [1.54, 1.807) is 19.1 Å². The van der Waals surface area contributed by atoms with Gasteiger partial charge in [-0.25, -0.2) is 4.79 Å². The Morgan fingerprint density at radius 1 is 1.26 bits per heavy atom. The lowest BCUT2D eigenvalue weighted by molar-refractivity contribution is -0.167. The van der Waals surface area contributed by atoms with Gasteiger partial charge in [0.15, 0.2) is 5.60 Å². The van der Waals surface area contributed by atoms with Gasteiger partial charge in [-0.2, -0.15) is 0 Å². The fourth-order valence-electron chi connectivity index (χ4n) is 1.98. The van der Waals surface area contributed by atoms with Crippen molar-refractivity contribution in [2.45, 2.75) is 38.2 Å². The third-order valence-electron chi connectivity index (χ3n) is 3.04. The topological polar surface area (TPSA) is 46.5 Å². The number of carbonyl (C=O) groups is 1. The first-order valence-electron chi connectivity index (χ1n) is 6.66. The average Bonchev–Trinajstić information content (AvgIpc) is 2.44. The highest BCUT2D eigenvalue weighted by molar-refractivity contribution is 14.1. The van der Waals surface area contributed by atoms with Crippen LogP contribution in [0.25, 0.3) is 0 Å². The van der Waals surface area contributed by atoms with Crippen LogP contribution in [0.1, 0.15) is 38.2 Å². The lowest BCUT2D eigenvalue weighted by Crippen LogP contribution is -2.37. The summed E-state index contributed by atoms with van der Waals surface area (Å²) in [4.78, 5) is 12.1. The van der Waals surface area contributed by atoms with Crippen LogP contribution in [-0.4, -0.2) is 22.1 Å². The first kappa shape index (κ1) is 16.4. The molecule has 1 rings (SSSR count). The van der Waals surface area contributed by atoms with Crippen LogP contribution in [0, 0.1) is 0 Å². The Labute approximate surface area is 128 Å². The number of unbranched alkanes of at least 4 members (excludes halogenated alkanes) is 2. The summed E-state index contributed by atoms with van der Waals surface area (Å²) in [5, 5.41) is 10.7. The minimum absolute atomic E-state index is 0.279. The number of esters is 1. The van der Waals surface area contributed by atoms with Gasteiger partial charge in [0, 0.05) is 0 Å². The Balaban J connectivity index is 2.81. The molecule has 0 fully saturated rings. The zero-order valence-electron chi connectivity index (χ0n) is 11.3. The van der Waals surface area contributed by atoms with Crippen molar-refractivity contribution in [1.29, 1.82) is 0 Å². The molecule has 0 radical (unpaired) electrons. The zero-order valence-corrected chi connectivity index (χ0v) is 13.4. The fourth-order valence-corrected chi connectivity index (χ4v) is 2.52. The van der Waals surface area contributed by atoms with Crippen LogP contribution >= 0.6 is 22.6 Å². The third-order valence-corrected chi connectivity index (χ3v) is 3.80. The number of alkyl halides is 1. The quantitative estimate of drug-likeness (QED) is 0.327. The van der Waals surface area contributed by atoms with E-state index in [1.165, 1.54) is 0 Å². The molecule has 0 saturated carbocycles. The molecule has 1 aromatic rings. The molecular weight excluding hydrogens is 355 g/mol. The summed E-state index contributed by atoms with van der Waals surface area (Å²) in [5.74, 6) is -0.546. The van der Waals surface area contributed by atoms with Gasteiger partial charge in [-0.1, -0.05) is 59.3 Å². The molecule has 0 bridgehead atoms. The number of aliphatic hydroxyl groups is 1. The Hall–Kier alpha value is -0.620. The predicted molar refractivity (Wildman–Crippen MR) is 84.3 cm³/mol. The first-order chi connectivity index (χ1) is 9.15. The zero-order chi connectivity index (χ0) is 14.1. The maximum atomic E-state index is 12.1. The van der Waals surface area contributed by atoms with Crippen molar-refractivity contribution in [1.82, 2.24) is 0 Å². The number of hydrogen-bond donors (Lipinski definition) is 1. The normalized spacial score (nSPS) is 13.8.